The smallest absolute Gasteiger partial charge is 0.273 e. The fourth-order valence-corrected chi connectivity index (χ4v) is 6.32. The van der Waals surface area contributed by atoms with Gasteiger partial charge in [0, 0.05) is 57.4 Å². The summed E-state index contributed by atoms with van der Waals surface area (Å²) in [5.41, 5.74) is 7.24. The lowest BCUT2D eigenvalue weighted by atomic mass is 10.0. The quantitative estimate of drug-likeness (QED) is 0.0980. The minimum Gasteiger partial charge on any atom is -0.494 e. The van der Waals surface area contributed by atoms with Gasteiger partial charge in [0.1, 0.15) is 11.4 Å². The summed E-state index contributed by atoms with van der Waals surface area (Å²) in [4.78, 5) is 39.8. The van der Waals surface area contributed by atoms with Crippen LogP contribution in [0, 0.1) is 5.92 Å². The summed E-state index contributed by atoms with van der Waals surface area (Å²) in [7, 11) is 9.67. The molecule has 0 aliphatic heterocycles. The van der Waals surface area contributed by atoms with Crippen molar-refractivity contribution in [3.63, 3.8) is 0 Å². The van der Waals surface area contributed by atoms with Crippen LogP contribution in [0.3, 0.4) is 0 Å². The first-order valence-corrected chi connectivity index (χ1v) is 19.6. The van der Waals surface area contributed by atoms with Gasteiger partial charge in [0.15, 0.2) is 33.9 Å². The summed E-state index contributed by atoms with van der Waals surface area (Å²) in [5, 5.41) is 47.3. The van der Waals surface area contributed by atoms with Gasteiger partial charge in [-0.15, -0.1) is 20.4 Å². The van der Waals surface area contributed by atoms with Gasteiger partial charge in [-0.25, -0.2) is 0 Å². The van der Waals surface area contributed by atoms with E-state index in [0.29, 0.717) is 45.6 Å². The third-order valence-corrected chi connectivity index (χ3v) is 9.64. The van der Waals surface area contributed by atoms with E-state index in [9.17, 15) is 14.4 Å². The molecule has 0 bridgehead atoms. The molecule has 318 valence electrons. The molecular formula is C40H46ClN15O5. The summed E-state index contributed by atoms with van der Waals surface area (Å²) in [5.74, 6) is 0.485. The lowest BCUT2D eigenvalue weighted by Gasteiger charge is -2.18. The van der Waals surface area contributed by atoms with Crippen LogP contribution in [0.15, 0.2) is 48.8 Å². The van der Waals surface area contributed by atoms with E-state index < -0.39 is 5.91 Å². The van der Waals surface area contributed by atoms with Crippen LogP contribution < -0.4 is 36.1 Å². The number of carbonyl (C=O) groups excluding carboxylic acids is 3. The van der Waals surface area contributed by atoms with E-state index in [-0.39, 0.29) is 40.1 Å². The van der Waals surface area contributed by atoms with Crippen molar-refractivity contribution in [3.05, 3.63) is 76.5 Å². The number of aromatic nitrogens is 10. The molecule has 2 aromatic carbocycles. The minimum atomic E-state index is -0.412. The van der Waals surface area contributed by atoms with E-state index in [2.05, 4.69) is 67.4 Å². The molecule has 1 aliphatic carbocycles. The number of nitrogens with zero attached hydrogens (tertiary/aromatic N) is 10. The van der Waals surface area contributed by atoms with Crippen LogP contribution in [0.4, 0.5) is 28.6 Å². The number of carbonyl (C=O) groups is 3. The molecule has 1 fully saturated rings. The molecule has 0 spiro atoms. The Balaban J connectivity index is 0.000000207. The van der Waals surface area contributed by atoms with E-state index in [1.165, 1.54) is 23.7 Å². The van der Waals surface area contributed by atoms with Crippen LogP contribution in [0.25, 0.3) is 22.5 Å². The van der Waals surface area contributed by atoms with E-state index in [4.69, 9.17) is 21.1 Å². The van der Waals surface area contributed by atoms with Gasteiger partial charge in [-0.05, 0) is 61.1 Å². The Hall–Kier alpha value is -7.22. The second kappa shape index (κ2) is 19.2. The van der Waals surface area contributed by atoms with Crippen molar-refractivity contribution < 1.29 is 23.9 Å². The molecule has 0 saturated heterocycles. The van der Waals surface area contributed by atoms with Gasteiger partial charge in [0.05, 0.1) is 49.4 Å². The van der Waals surface area contributed by atoms with Crippen molar-refractivity contribution in [2.24, 2.45) is 20.0 Å². The van der Waals surface area contributed by atoms with Crippen molar-refractivity contribution in [3.8, 4) is 34.0 Å². The van der Waals surface area contributed by atoms with Gasteiger partial charge in [-0.3, -0.25) is 14.4 Å². The third-order valence-electron chi connectivity index (χ3n) is 9.45. The predicted molar refractivity (Wildman–Crippen MR) is 229 cm³/mol. The lowest BCUT2D eigenvalue weighted by Crippen LogP contribution is -2.22. The molecule has 0 radical (unpaired) electrons. The van der Waals surface area contributed by atoms with Crippen LogP contribution in [0.1, 0.15) is 58.8 Å². The summed E-state index contributed by atoms with van der Waals surface area (Å²) >= 11 is 6.00. The van der Waals surface area contributed by atoms with Crippen LogP contribution in [-0.2, 0) is 31.7 Å². The number of rotatable bonds is 14. The van der Waals surface area contributed by atoms with Gasteiger partial charge in [0.2, 0.25) is 5.91 Å². The molecular weight excluding hydrogens is 806 g/mol. The largest absolute Gasteiger partial charge is 0.494 e. The highest BCUT2D eigenvalue weighted by molar-refractivity contribution is 6.29. The normalized spacial score (nSPS) is 11.8. The standard InChI is InChI=1S/C22H26N8O3.C18H20ClN7O2/c1-5-12-8-14(17-11-24-30(3)29-17)20(33-4)16(9-12)25-15-10-18(26-21(31)13-6-7-13)27-28-19(15)22(32)23-2;1-5-10-6-11(14-9-21-26(3)25-14)17(28-4)13(7-10)22-12-8-15(19)23-24-16(12)18(27)20-2/h8-11,13H,5-7H2,1-4H3,(H,23,32)(H2,25,26,27,31);6-9H,5H2,1-4H3,(H,20,27)(H,22,23). The van der Waals surface area contributed by atoms with E-state index in [1.54, 1.807) is 52.8 Å². The van der Waals surface area contributed by atoms with E-state index in [0.717, 1.165) is 47.9 Å². The Morgan fingerprint density at radius 1 is 0.689 bits per heavy atom. The molecule has 3 amide bonds. The zero-order chi connectivity index (χ0) is 43.8. The van der Waals surface area contributed by atoms with Crippen LogP contribution in [0.5, 0.6) is 11.5 Å². The number of aryl methyl sites for hydroxylation is 4. The zero-order valence-corrected chi connectivity index (χ0v) is 35.7. The van der Waals surface area contributed by atoms with E-state index in [1.807, 2.05) is 38.1 Å². The Morgan fingerprint density at radius 2 is 1.16 bits per heavy atom. The fraction of sp³-hybridized carbons (Fsp3) is 0.325. The average Bonchev–Trinajstić information content (AvgIpc) is 3.89. The number of anilines is 5. The zero-order valence-electron chi connectivity index (χ0n) is 34.9. The number of ether oxygens (including phenoxy) is 2. The summed E-state index contributed by atoms with van der Waals surface area (Å²) in [6.07, 6.45) is 6.63. The number of hydrogen-bond donors (Lipinski definition) is 5. The van der Waals surface area contributed by atoms with Crippen molar-refractivity contribution >= 4 is 57.9 Å². The maximum absolute atomic E-state index is 12.5. The monoisotopic (exact) mass is 851 g/mol. The molecule has 6 aromatic rings. The Morgan fingerprint density at radius 3 is 1.57 bits per heavy atom. The first-order chi connectivity index (χ1) is 29.4. The van der Waals surface area contributed by atoms with Crippen molar-refractivity contribution in [2.45, 2.75) is 39.5 Å². The van der Waals surface area contributed by atoms with Gasteiger partial charge in [-0.1, -0.05) is 25.4 Å². The molecule has 1 saturated carbocycles. The van der Waals surface area contributed by atoms with E-state index >= 15 is 0 Å². The molecule has 61 heavy (non-hydrogen) atoms. The number of hydrogen-bond acceptors (Lipinski definition) is 15. The van der Waals surface area contributed by atoms with Crippen LogP contribution in [-0.4, -0.2) is 96.4 Å². The number of halogens is 1. The Kier molecular flexibility index (Phi) is 13.7. The maximum atomic E-state index is 12.5. The topological polar surface area (TPSA) is 243 Å². The number of benzene rings is 2. The van der Waals surface area contributed by atoms with Crippen molar-refractivity contribution in [1.29, 1.82) is 0 Å². The highest BCUT2D eigenvalue weighted by Gasteiger charge is 2.30. The predicted octanol–water partition coefficient (Wildman–Crippen LogP) is 4.89. The lowest BCUT2D eigenvalue weighted by molar-refractivity contribution is -0.117. The minimum absolute atomic E-state index is 0.0118. The second-order valence-electron chi connectivity index (χ2n) is 13.7. The summed E-state index contributed by atoms with van der Waals surface area (Å²) in [6, 6.07) is 11.0. The van der Waals surface area contributed by atoms with Crippen LogP contribution >= 0.6 is 11.6 Å². The fourth-order valence-electron chi connectivity index (χ4n) is 6.18. The Labute approximate surface area is 356 Å². The Bertz CT molecular complexity index is 2570. The molecule has 5 N–H and O–H groups in total. The van der Waals surface area contributed by atoms with Crippen LogP contribution in [0.2, 0.25) is 5.15 Å². The summed E-state index contributed by atoms with van der Waals surface area (Å²) < 4.78 is 11.4. The molecule has 4 aromatic heterocycles. The molecule has 21 heteroatoms. The molecule has 1 aliphatic rings. The first kappa shape index (κ1) is 43.4. The van der Waals surface area contributed by atoms with Crippen molar-refractivity contribution in [2.75, 3.05) is 44.3 Å². The van der Waals surface area contributed by atoms with Gasteiger partial charge < -0.3 is 36.1 Å². The number of methoxy groups -OCH3 is 2. The number of nitrogens with one attached hydrogen (secondary N) is 5. The molecule has 0 unspecified atom stereocenters. The molecule has 4 heterocycles. The first-order valence-electron chi connectivity index (χ1n) is 19.2. The number of amides is 3. The highest BCUT2D eigenvalue weighted by atomic mass is 35.5. The van der Waals surface area contributed by atoms with Crippen molar-refractivity contribution in [1.82, 2.24) is 61.0 Å². The average molecular weight is 852 g/mol. The van der Waals surface area contributed by atoms with Gasteiger partial charge in [-0.2, -0.15) is 30.0 Å². The molecule has 7 rings (SSSR count). The third kappa shape index (κ3) is 10.2. The SMILES string of the molecule is CCc1cc(Nc2cc(Cl)nnc2C(=O)NC)c(OC)c(-c2cnn(C)n2)c1.CCc1cc(Nc2cc(NC(=O)C3CC3)nnc2C(=O)NC)c(OC)c(-c2cnn(C)n2)c1. The van der Waals surface area contributed by atoms with Gasteiger partial charge in [0.25, 0.3) is 11.8 Å². The second-order valence-corrected chi connectivity index (χ2v) is 14.1. The maximum Gasteiger partial charge on any atom is 0.273 e. The molecule has 20 nitrogen and oxygen atoms in total. The van der Waals surface area contributed by atoms with Gasteiger partial charge >= 0.3 is 0 Å². The molecule has 0 atom stereocenters. The highest BCUT2D eigenvalue weighted by Crippen LogP contribution is 2.41. The summed E-state index contributed by atoms with van der Waals surface area (Å²) in [6.45, 7) is 4.09.